The Morgan fingerprint density at radius 1 is 1.16 bits per heavy atom. The van der Waals surface area contributed by atoms with Crippen LogP contribution in [0.5, 0.6) is 11.5 Å². The third kappa shape index (κ3) is 3.10. The average molecular weight is 346 g/mol. The highest BCUT2D eigenvalue weighted by atomic mass is 16.5. The average Bonchev–Trinajstić information content (AvgIpc) is 2.89. The highest BCUT2D eigenvalue weighted by Crippen LogP contribution is 2.40. The molecule has 0 aromatic heterocycles. The van der Waals surface area contributed by atoms with Crippen molar-refractivity contribution in [2.24, 2.45) is 0 Å². The molecule has 1 aromatic rings. The number of hydrogen-bond donors (Lipinski definition) is 0. The molecule has 2 aliphatic heterocycles. The Labute approximate surface area is 150 Å². The lowest BCUT2D eigenvalue weighted by Crippen LogP contribution is -2.57. The van der Waals surface area contributed by atoms with Crippen molar-refractivity contribution in [1.82, 2.24) is 9.80 Å². The molecule has 0 radical (unpaired) electrons. The summed E-state index contributed by atoms with van der Waals surface area (Å²) in [4.78, 5) is 18.1. The van der Waals surface area contributed by atoms with E-state index in [4.69, 9.17) is 9.47 Å². The topological polar surface area (TPSA) is 42.0 Å². The quantitative estimate of drug-likeness (QED) is 0.843. The molecule has 5 nitrogen and oxygen atoms in total. The number of benzene rings is 1. The van der Waals surface area contributed by atoms with Crippen molar-refractivity contribution in [2.45, 2.75) is 50.6 Å². The van der Waals surface area contributed by atoms with Gasteiger partial charge < -0.3 is 19.3 Å². The zero-order valence-electron chi connectivity index (χ0n) is 15.9. The van der Waals surface area contributed by atoms with Crippen LogP contribution in [0.15, 0.2) is 18.2 Å². The van der Waals surface area contributed by atoms with Crippen LogP contribution in [0.4, 0.5) is 0 Å². The second-order valence-corrected chi connectivity index (χ2v) is 7.45. The van der Waals surface area contributed by atoms with E-state index in [1.165, 1.54) is 12.8 Å². The Balaban J connectivity index is 2.00. The first-order valence-corrected chi connectivity index (χ1v) is 9.26. The van der Waals surface area contributed by atoms with Gasteiger partial charge in [-0.25, -0.2) is 0 Å². The first kappa shape index (κ1) is 18.1. The number of para-hydroxylation sites is 1. The summed E-state index contributed by atoms with van der Waals surface area (Å²) in [6.45, 7) is 4.11. The molecule has 0 N–H and O–H groups in total. The molecule has 25 heavy (non-hydrogen) atoms. The highest BCUT2D eigenvalue weighted by molar-refractivity contribution is 5.98. The SMILES string of the molecule is COc1cccc(C(=O)N2CCCCC[C@@H]3N(C)CC[C@@]32C)c1OC. The van der Waals surface area contributed by atoms with E-state index in [0.29, 0.717) is 23.1 Å². The second-order valence-electron chi connectivity index (χ2n) is 7.45. The van der Waals surface area contributed by atoms with Gasteiger partial charge in [-0.15, -0.1) is 0 Å². The molecule has 2 fully saturated rings. The number of likely N-dealkylation sites (N-methyl/N-ethyl adjacent to an activating group) is 1. The van der Waals surface area contributed by atoms with Gasteiger partial charge in [-0.3, -0.25) is 4.79 Å². The maximum atomic E-state index is 13.5. The molecule has 0 bridgehead atoms. The summed E-state index contributed by atoms with van der Waals surface area (Å²) < 4.78 is 10.9. The van der Waals surface area contributed by atoms with Crippen LogP contribution in [0, 0.1) is 0 Å². The van der Waals surface area contributed by atoms with Crippen LogP contribution in [-0.2, 0) is 0 Å². The number of carbonyl (C=O) groups excluding carboxylic acids is 1. The molecule has 5 heteroatoms. The van der Waals surface area contributed by atoms with Crippen molar-refractivity contribution in [2.75, 3.05) is 34.4 Å². The van der Waals surface area contributed by atoms with Gasteiger partial charge in [-0.05, 0) is 45.4 Å². The molecule has 2 saturated heterocycles. The van der Waals surface area contributed by atoms with E-state index < -0.39 is 0 Å². The summed E-state index contributed by atoms with van der Waals surface area (Å²) in [5.41, 5.74) is 0.470. The van der Waals surface area contributed by atoms with Crippen molar-refractivity contribution < 1.29 is 14.3 Å². The third-order valence-corrected chi connectivity index (χ3v) is 6.07. The first-order chi connectivity index (χ1) is 12.0. The maximum Gasteiger partial charge on any atom is 0.258 e. The molecular weight excluding hydrogens is 316 g/mol. The number of hydrogen-bond acceptors (Lipinski definition) is 4. The fourth-order valence-corrected chi connectivity index (χ4v) is 4.62. The molecule has 138 valence electrons. The van der Waals surface area contributed by atoms with Gasteiger partial charge in [-0.1, -0.05) is 18.9 Å². The normalized spacial score (nSPS) is 27.4. The smallest absolute Gasteiger partial charge is 0.258 e. The Bertz CT molecular complexity index is 633. The fourth-order valence-electron chi connectivity index (χ4n) is 4.62. The summed E-state index contributed by atoms with van der Waals surface area (Å²) in [7, 11) is 5.38. The molecule has 2 aliphatic rings. The molecule has 3 rings (SSSR count). The fraction of sp³-hybridized carbons (Fsp3) is 0.650. The van der Waals surface area contributed by atoms with Gasteiger partial charge in [0.1, 0.15) is 0 Å². The van der Waals surface area contributed by atoms with Gasteiger partial charge in [0.2, 0.25) is 0 Å². The third-order valence-electron chi connectivity index (χ3n) is 6.07. The Hall–Kier alpha value is -1.75. The van der Waals surface area contributed by atoms with E-state index in [1.807, 2.05) is 18.2 Å². The van der Waals surface area contributed by atoms with E-state index in [9.17, 15) is 4.79 Å². The number of fused-ring (bicyclic) bond motifs is 1. The van der Waals surface area contributed by atoms with E-state index in [0.717, 1.165) is 32.4 Å². The van der Waals surface area contributed by atoms with Crippen LogP contribution in [0.1, 0.15) is 49.4 Å². The lowest BCUT2D eigenvalue weighted by atomic mass is 9.84. The highest BCUT2D eigenvalue weighted by Gasteiger charge is 2.48. The molecule has 0 spiro atoms. The molecule has 0 aliphatic carbocycles. The van der Waals surface area contributed by atoms with Gasteiger partial charge in [0, 0.05) is 19.1 Å². The van der Waals surface area contributed by atoms with E-state index >= 15 is 0 Å². The van der Waals surface area contributed by atoms with Gasteiger partial charge in [-0.2, -0.15) is 0 Å². The van der Waals surface area contributed by atoms with Gasteiger partial charge >= 0.3 is 0 Å². The number of likely N-dealkylation sites (tertiary alicyclic amines) is 2. The molecular formula is C20H30N2O3. The summed E-state index contributed by atoms with van der Waals surface area (Å²) in [5, 5.41) is 0. The van der Waals surface area contributed by atoms with E-state index in [2.05, 4.69) is 23.8 Å². The van der Waals surface area contributed by atoms with E-state index in [-0.39, 0.29) is 11.4 Å². The van der Waals surface area contributed by atoms with Gasteiger partial charge in [0.15, 0.2) is 11.5 Å². The maximum absolute atomic E-state index is 13.5. The van der Waals surface area contributed by atoms with Crippen LogP contribution in [-0.4, -0.2) is 61.6 Å². The van der Waals surface area contributed by atoms with Crippen LogP contribution in [0.25, 0.3) is 0 Å². The van der Waals surface area contributed by atoms with E-state index in [1.54, 1.807) is 14.2 Å². The van der Waals surface area contributed by atoms with Crippen molar-refractivity contribution in [3.63, 3.8) is 0 Å². The second kappa shape index (κ2) is 7.24. The minimum Gasteiger partial charge on any atom is -0.493 e. The molecule has 0 saturated carbocycles. The van der Waals surface area contributed by atoms with Crippen LogP contribution in [0.3, 0.4) is 0 Å². The van der Waals surface area contributed by atoms with Crippen molar-refractivity contribution in [3.8, 4) is 11.5 Å². The Morgan fingerprint density at radius 2 is 1.96 bits per heavy atom. The molecule has 2 heterocycles. The van der Waals surface area contributed by atoms with Gasteiger partial charge in [0.25, 0.3) is 5.91 Å². The number of amides is 1. The number of rotatable bonds is 3. The number of methoxy groups -OCH3 is 2. The molecule has 2 atom stereocenters. The lowest BCUT2D eigenvalue weighted by Gasteiger charge is -2.45. The zero-order valence-corrected chi connectivity index (χ0v) is 15.9. The van der Waals surface area contributed by atoms with Crippen LogP contribution >= 0.6 is 0 Å². The minimum atomic E-state index is -0.125. The molecule has 1 aromatic carbocycles. The minimum absolute atomic E-state index is 0.0560. The zero-order chi connectivity index (χ0) is 18.0. The lowest BCUT2D eigenvalue weighted by molar-refractivity contribution is 0.0342. The molecule has 0 unspecified atom stereocenters. The largest absolute Gasteiger partial charge is 0.493 e. The van der Waals surface area contributed by atoms with Crippen LogP contribution in [0.2, 0.25) is 0 Å². The number of ether oxygens (including phenoxy) is 2. The number of carbonyl (C=O) groups is 1. The van der Waals surface area contributed by atoms with Crippen molar-refractivity contribution >= 4 is 5.91 Å². The number of nitrogens with zero attached hydrogens (tertiary/aromatic N) is 2. The van der Waals surface area contributed by atoms with Crippen LogP contribution < -0.4 is 9.47 Å². The molecule has 1 amide bonds. The summed E-state index contributed by atoms with van der Waals surface area (Å²) in [6, 6.07) is 5.96. The standard InChI is InChI=1S/C20H30N2O3/c1-20-12-14-21(2)17(20)11-6-5-7-13-22(20)19(23)15-9-8-10-16(24-3)18(15)25-4/h8-10,17H,5-7,11-14H2,1-4H3/t17-,20-/m0/s1. The van der Waals surface area contributed by atoms with Crippen molar-refractivity contribution in [3.05, 3.63) is 23.8 Å². The first-order valence-electron chi connectivity index (χ1n) is 9.26. The summed E-state index contributed by atoms with van der Waals surface area (Å²) >= 11 is 0. The van der Waals surface area contributed by atoms with Crippen molar-refractivity contribution in [1.29, 1.82) is 0 Å². The summed E-state index contributed by atoms with van der Waals surface area (Å²) in [5.74, 6) is 1.19. The Morgan fingerprint density at radius 3 is 2.68 bits per heavy atom. The predicted molar refractivity (Wildman–Crippen MR) is 98.5 cm³/mol. The monoisotopic (exact) mass is 346 g/mol. The van der Waals surface area contributed by atoms with Gasteiger partial charge in [0.05, 0.1) is 25.3 Å². The summed E-state index contributed by atoms with van der Waals surface area (Å²) in [6.07, 6.45) is 5.66. The Kier molecular flexibility index (Phi) is 5.23. The predicted octanol–water partition coefficient (Wildman–Crippen LogP) is 3.18.